The van der Waals surface area contributed by atoms with Crippen LogP contribution in [0.1, 0.15) is 17.3 Å². The van der Waals surface area contributed by atoms with Crippen molar-refractivity contribution in [3.8, 4) is 11.6 Å². The lowest BCUT2D eigenvalue weighted by molar-refractivity contribution is -0.0498. The van der Waals surface area contributed by atoms with Gasteiger partial charge in [-0.3, -0.25) is 4.98 Å². The van der Waals surface area contributed by atoms with Crippen molar-refractivity contribution in [1.82, 2.24) is 15.3 Å². The van der Waals surface area contributed by atoms with Gasteiger partial charge in [0.15, 0.2) is 0 Å². The Balaban J connectivity index is 2.37. The average Bonchev–Trinajstić information content (AvgIpc) is 2.48. The summed E-state index contributed by atoms with van der Waals surface area (Å²) in [5.41, 5.74) is 1.28. The van der Waals surface area contributed by atoms with E-state index in [2.05, 4.69) is 20.0 Å². The Kier molecular flexibility index (Phi) is 4.99. The summed E-state index contributed by atoms with van der Waals surface area (Å²) in [5.74, 6) is 0.461. The molecule has 112 valence electrons. The topological polar surface area (TPSA) is 56.3 Å². The normalized spacial score (nSPS) is 12.2. The molecule has 1 unspecified atom stereocenters. The zero-order valence-electron chi connectivity index (χ0n) is 11.6. The van der Waals surface area contributed by atoms with Gasteiger partial charge < -0.3 is 14.8 Å². The molecular weight excluding hydrogens is 280 g/mol. The van der Waals surface area contributed by atoms with Crippen LogP contribution in [0.25, 0.3) is 0 Å². The predicted octanol–water partition coefficient (Wildman–Crippen LogP) is 2.40. The first-order valence-electron chi connectivity index (χ1n) is 6.22. The van der Waals surface area contributed by atoms with E-state index in [1.807, 2.05) is 0 Å². The fourth-order valence-electron chi connectivity index (χ4n) is 2.02. The van der Waals surface area contributed by atoms with Crippen molar-refractivity contribution >= 4 is 0 Å². The number of nitrogens with zero attached hydrogens (tertiary/aromatic N) is 2. The Hall–Kier alpha value is -2.28. The SMILES string of the molecule is CNC(c1cccc(OC(F)F)c1)c1nccnc1OC. The van der Waals surface area contributed by atoms with Gasteiger partial charge in [0.1, 0.15) is 11.4 Å². The largest absolute Gasteiger partial charge is 0.480 e. The molecule has 1 heterocycles. The van der Waals surface area contributed by atoms with E-state index in [1.165, 1.54) is 25.4 Å². The molecule has 1 N–H and O–H groups in total. The highest BCUT2D eigenvalue weighted by Crippen LogP contribution is 2.28. The molecule has 0 saturated carbocycles. The smallest absolute Gasteiger partial charge is 0.387 e. The second kappa shape index (κ2) is 6.94. The van der Waals surface area contributed by atoms with E-state index in [1.54, 1.807) is 25.4 Å². The summed E-state index contributed by atoms with van der Waals surface area (Å²) in [6, 6.07) is 6.07. The summed E-state index contributed by atoms with van der Waals surface area (Å²) in [7, 11) is 3.23. The van der Waals surface area contributed by atoms with Crippen LogP contribution in [0.3, 0.4) is 0 Å². The zero-order valence-corrected chi connectivity index (χ0v) is 11.6. The van der Waals surface area contributed by atoms with Crippen LogP contribution in [-0.4, -0.2) is 30.7 Å². The van der Waals surface area contributed by atoms with Crippen molar-refractivity contribution in [2.45, 2.75) is 12.7 Å². The average molecular weight is 295 g/mol. The van der Waals surface area contributed by atoms with Gasteiger partial charge in [0, 0.05) is 12.4 Å². The van der Waals surface area contributed by atoms with Crippen LogP contribution in [0.15, 0.2) is 36.7 Å². The van der Waals surface area contributed by atoms with E-state index in [4.69, 9.17) is 4.74 Å². The number of hydrogen-bond acceptors (Lipinski definition) is 5. The van der Waals surface area contributed by atoms with E-state index in [-0.39, 0.29) is 11.8 Å². The molecule has 1 aromatic heterocycles. The molecule has 0 radical (unpaired) electrons. The number of methoxy groups -OCH3 is 1. The van der Waals surface area contributed by atoms with E-state index in [0.29, 0.717) is 11.6 Å². The van der Waals surface area contributed by atoms with Crippen LogP contribution in [0.4, 0.5) is 8.78 Å². The van der Waals surface area contributed by atoms with E-state index in [9.17, 15) is 8.78 Å². The third-order valence-electron chi connectivity index (χ3n) is 2.86. The van der Waals surface area contributed by atoms with Gasteiger partial charge in [0.2, 0.25) is 5.88 Å². The maximum Gasteiger partial charge on any atom is 0.387 e. The molecule has 0 aliphatic heterocycles. The molecule has 21 heavy (non-hydrogen) atoms. The summed E-state index contributed by atoms with van der Waals surface area (Å²) in [5, 5.41) is 3.06. The first kappa shape index (κ1) is 15.1. The fraction of sp³-hybridized carbons (Fsp3) is 0.286. The number of aromatic nitrogens is 2. The molecular formula is C14H15F2N3O2. The van der Waals surface area contributed by atoms with Gasteiger partial charge in [-0.1, -0.05) is 12.1 Å². The standard InChI is InChI=1S/C14H15F2N3O2/c1-17-11(12-13(20-2)19-7-6-18-12)9-4-3-5-10(8-9)21-14(15)16/h3-8,11,14,17H,1-2H3. The van der Waals surface area contributed by atoms with Crippen molar-refractivity contribution in [3.63, 3.8) is 0 Å². The van der Waals surface area contributed by atoms with Gasteiger partial charge in [0.25, 0.3) is 0 Å². The molecule has 1 atom stereocenters. The summed E-state index contributed by atoms with van der Waals surface area (Å²) in [4.78, 5) is 8.34. The second-order valence-corrected chi connectivity index (χ2v) is 4.12. The van der Waals surface area contributed by atoms with Gasteiger partial charge in [-0.15, -0.1) is 0 Å². The fourth-order valence-corrected chi connectivity index (χ4v) is 2.02. The summed E-state index contributed by atoms with van der Waals surface area (Å²) >= 11 is 0. The number of halogens is 2. The molecule has 2 aromatic rings. The maximum atomic E-state index is 12.3. The first-order valence-corrected chi connectivity index (χ1v) is 6.22. The van der Waals surface area contributed by atoms with Crippen LogP contribution >= 0.6 is 0 Å². The first-order chi connectivity index (χ1) is 10.2. The highest BCUT2D eigenvalue weighted by atomic mass is 19.3. The molecule has 2 rings (SSSR count). The number of alkyl halides is 2. The second-order valence-electron chi connectivity index (χ2n) is 4.12. The third-order valence-corrected chi connectivity index (χ3v) is 2.86. The lowest BCUT2D eigenvalue weighted by atomic mass is 10.0. The van der Waals surface area contributed by atoms with Crippen LogP contribution in [0, 0.1) is 0 Å². The van der Waals surface area contributed by atoms with Gasteiger partial charge in [-0.25, -0.2) is 4.98 Å². The van der Waals surface area contributed by atoms with Crippen molar-refractivity contribution in [3.05, 3.63) is 47.9 Å². The number of nitrogens with one attached hydrogen (secondary N) is 1. The van der Waals surface area contributed by atoms with Crippen LogP contribution in [-0.2, 0) is 0 Å². The van der Waals surface area contributed by atoms with Gasteiger partial charge in [0.05, 0.1) is 13.2 Å². The van der Waals surface area contributed by atoms with Crippen molar-refractivity contribution in [2.75, 3.05) is 14.2 Å². The number of hydrogen-bond donors (Lipinski definition) is 1. The molecule has 0 aliphatic carbocycles. The summed E-state index contributed by atoms with van der Waals surface area (Å²) in [6.45, 7) is -2.86. The Morgan fingerprint density at radius 2 is 1.95 bits per heavy atom. The predicted molar refractivity (Wildman–Crippen MR) is 72.6 cm³/mol. The van der Waals surface area contributed by atoms with Crippen molar-refractivity contribution < 1.29 is 18.3 Å². The third kappa shape index (κ3) is 3.63. The maximum absolute atomic E-state index is 12.3. The Labute approximate surface area is 120 Å². The molecule has 0 aliphatic rings. The lowest BCUT2D eigenvalue weighted by Crippen LogP contribution is -2.20. The minimum Gasteiger partial charge on any atom is -0.480 e. The summed E-state index contributed by atoms with van der Waals surface area (Å²) < 4.78 is 34.2. The molecule has 0 amide bonds. The van der Waals surface area contributed by atoms with E-state index in [0.717, 1.165) is 5.56 Å². The van der Waals surface area contributed by atoms with Crippen molar-refractivity contribution in [1.29, 1.82) is 0 Å². The zero-order chi connectivity index (χ0) is 15.2. The van der Waals surface area contributed by atoms with Gasteiger partial charge in [-0.2, -0.15) is 8.78 Å². The molecule has 0 bridgehead atoms. The van der Waals surface area contributed by atoms with Gasteiger partial charge in [-0.05, 0) is 24.7 Å². The Bertz CT molecular complexity index is 596. The molecule has 1 aromatic carbocycles. The van der Waals surface area contributed by atoms with Crippen molar-refractivity contribution in [2.24, 2.45) is 0 Å². The number of benzene rings is 1. The van der Waals surface area contributed by atoms with E-state index < -0.39 is 6.61 Å². The minimum atomic E-state index is -2.86. The van der Waals surface area contributed by atoms with Gasteiger partial charge >= 0.3 is 6.61 Å². The van der Waals surface area contributed by atoms with Crippen LogP contribution in [0.5, 0.6) is 11.6 Å². The number of rotatable bonds is 6. The van der Waals surface area contributed by atoms with Crippen LogP contribution in [0.2, 0.25) is 0 Å². The summed E-state index contributed by atoms with van der Waals surface area (Å²) in [6.07, 6.45) is 3.06. The molecule has 0 spiro atoms. The lowest BCUT2D eigenvalue weighted by Gasteiger charge is -2.18. The quantitative estimate of drug-likeness (QED) is 0.887. The monoisotopic (exact) mass is 295 g/mol. The highest BCUT2D eigenvalue weighted by Gasteiger charge is 2.19. The molecule has 0 fully saturated rings. The Morgan fingerprint density at radius 1 is 1.19 bits per heavy atom. The van der Waals surface area contributed by atoms with Crippen LogP contribution < -0.4 is 14.8 Å². The highest BCUT2D eigenvalue weighted by molar-refractivity contribution is 5.37. The number of ether oxygens (including phenoxy) is 2. The molecule has 7 heteroatoms. The molecule has 5 nitrogen and oxygen atoms in total. The van der Waals surface area contributed by atoms with E-state index >= 15 is 0 Å². The Morgan fingerprint density at radius 3 is 2.62 bits per heavy atom. The molecule has 0 saturated heterocycles. The minimum absolute atomic E-state index is 0.0885.